The van der Waals surface area contributed by atoms with Crippen molar-refractivity contribution < 1.29 is 19.5 Å². The fourth-order valence-electron chi connectivity index (χ4n) is 4.97. The first-order valence-corrected chi connectivity index (χ1v) is 12.5. The molecule has 0 bridgehead atoms. The number of aromatic carboxylic acids is 1. The Morgan fingerprint density at radius 3 is 2.54 bits per heavy atom. The largest absolute Gasteiger partial charge is 0.478 e. The highest BCUT2D eigenvalue weighted by atomic mass is 16.4. The van der Waals surface area contributed by atoms with Gasteiger partial charge in [-0.1, -0.05) is 18.2 Å². The molecule has 1 aliphatic rings. The Kier molecular flexibility index (Phi) is 6.10. The monoisotopic (exact) mass is 551 g/mol. The Balaban J connectivity index is 1.13. The standard InChI is InChI=1S/C28H21N7O6/c29-22-23(25(37)24(22)36)35-21-7-13(1-2-16(21)11-33-35)10-30-26(38)19-9-20(32-12-31-19)27(39)34-18-6-4-14-8-15(28(40)41)3-5-17(14)18/h1-3,5,7-9,11-12,18H,4,6,10,29H2,(H,30,38)(H,34,39)(H,40,41)/t18-/m0/s1. The summed E-state index contributed by atoms with van der Waals surface area (Å²) in [5.41, 5.74) is 7.25. The van der Waals surface area contributed by atoms with Gasteiger partial charge >= 0.3 is 5.97 Å². The third-order valence-electron chi connectivity index (χ3n) is 7.13. The van der Waals surface area contributed by atoms with Crippen LogP contribution in [-0.2, 0) is 13.0 Å². The lowest BCUT2D eigenvalue weighted by molar-refractivity contribution is 0.0696. The molecule has 204 valence electrons. The maximum Gasteiger partial charge on any atom is 0.335 e. The zero-order valence-corrected chi connectivity index (χ0v) is 21.2. The molecule has 5 aromatic rings. The fourth-order valence-corrected chi connectivity index (χ4v) is 4.97. The molecule has 2 aromatic heterocycles. The van der Waals surface area contributed by atoms with E-state index in [0.717, 1.165) is 17.5 Å². The van der Waals surface area contributed by atoms with Crippen LogP contribution in [0.5, 0.6) is 0 Å². The Morgan fingerprint density at radius 1 is 1.00 bits per heavy atom. The van der Waals surface area contributed by atoms with Crippen LogP contribution in [0.3, 0.4) is 0 Å². The number of carboxylic acid groups (broad SMARTS) is 1. The van der Waals surface area contributed by atoms with Crippen molar-refractivity contribution in [3.05, 3.63) is 109 Å². The minimum Gasteiger partial charge on any atom is -0.478 e. The lowest BCUT2D eigenvalue weighted by Crippen LogP contribution is -2.38. The van der Waals surface area contributed by atoms with Gasteiger partial charge in [-0.05, 0) is 47.7 Å². The van der Waals surface area contributed by atoms with Crippen LogP contribution >= 0.6 is 0 Å². The van der Waals surface area contributed by atoms with Gasteiger partial charge in [0.05, 0.1) is 23.3 Å². The number of hydrogen-bond donors (Lipinski definition) is 4. The van der Waals surface area contributed by atoms with Crippen molar-refractivity contribution in [2.75, 3.05) is 5.73 Å². The summed E-state index contributed by atoms with van der Waals surface area (Å²) in [5.74, 6) is -2.03. The minimum atomic E-state index is -1.01. The number of carbonyl (C=O) groups is 3. The number of nitrogens with zero attached hydrogens (tertiary/aromatic N) is 4. The van der Waals surface area contributed by atoms with Crippen molar-refractivity contribution in [3.8, 4) is 5.69 Å². The number of benzene rings is 2. The average molecular weight is 552 g/mol. The molecule has 0 spiro atoms. The van der Waals surface area contributed by atoms with E-state index in [1.54, 1.807) is 36.5 Å². The van der Waals surface area contributed by atoms with Crippen molar-refractivity contribution in [1.29, 1.82) is 0 Å². The predicted molar refractivity (Wildman–Crippen MR) is 146 cm³/mol. The third-order valence-corrected chi connectivity index (χ3v) is 7.13. The maximum absolute atomic E-state index is 12.9. The SMILES string of the molecule is Nc1c(-n2ncc3ccc(CNC(=O)c4cc(C(=O)N[C@H]5CCc6cc(C(=O)O)ccc65)ncn4)cc32)c(=O)c1=O. The molecule has 1 atom stereocenters. The second kappa shape index (κ2) is 9.79. The molecule has 0 saturated carbocycles. The van der Waals surface area contributed by atoms with Gasteiger partial charge in [-0.2, -0.15) is 5.10 Å². The highest BCUT2D eigenvalue weighted by Crippen LogP contribution is 2.32. The van der Waals surface area contributed by atoms with Crippen LogP contribution in [0.1, 0.15) is 60.5 Å². The molecule has 3 aromatic carbocycles. The summed E-state index contributed by atoms with van der Waals surface area (Å²) in [7, 11) is 0. The molecule has 0 aliphatic heterocycles. The third kappa shape index (κ3) is 4.48. The summed E-state index contributed by atoms with van der Waals surface area (Å²) in [5, 5.41) is 19.7. The number of anilines is 1. The summed E-state index contributed by atoms with van der Waals surface area (Å²) < 4.78 is 1.31. The number of aromatic nitrogens is 4. The first-order valence-electron chi connectivity index (χ1n) is 12.5. The van der Waals surface area contributed by atoms with Crippen LogP contribution in [0, 0.1) is 0 Å². The van der Waals surface area contributed by atoms with Gasteiger partial charge in [0.25, 0.3) is 22.7 Å². The van der Waals surface area contributed by atoms with Gasteiger partial charge in [-0.15, -0.1) is 0 Å². The van der Waals surface area contributed by atoms with Crippen molar-refractivity contribution in [3.63, 3.8) is 0 Å². The highest BCUT2D eigenvalue weighted by molar-refractivity contribution is 5.97. The van der Waals surface area contributed by atoms with Gasteiger partial charge < -0.3 is 21.5 Å². The zero-order valence-electron chi connectivity index (χ0n) is 21.2. The number of carboxylic acids is 1. The Labute approximate surface area is 230 Å². The molecule has 1 aliphatic carbocycles. The first-order chi connectivity index (χ1) is 19.7. The smallest absolute Gasteiger partial charge is 0.335 e. The number of nitrogens with one attached hydrogen (secondary N) is 2. The summed E-state index contributed by atoms with van der Waals surface area (Å²) >= 11 is 0. The highest BCUT2D eigenvalue weighted by Gasteiger charge is 2.26. The summed E-state index contributed by atoms with van der Waals surface area (Å²) in [4.78, 5) is 68.5. The van der Waals surface area contributed by atoms with Crippen LogP contribution in [-0.4, -0.2) is 42.6 Å². The molecule has 41 heavy (non-hydrogen) atoms. The van der Waals surface area contributed by atoms with E-state index < -0.39 is 28.6 Å². The Hall–Kier alpha value is -5.72. The van der Waals surface area contributed by atoms with Gasteiger partial charge in [-0.25, -0.2) is 19.4 Å². The molecule has 2 heterocycles. The number of amides is 2. The van der Waals surface area contributed by atoms with Gasteiger partial charge in [0.15, 0.2) is 0 Å². The van der Waals surface area contributed by atoms with Gasteiger partial charge in [0, 0.05) is 18.0 Å². The van der Waals surface area contributed by atoms with Gasteiger partial charge in [0.2, 0.25) is 0 Å². The van der Waals surface area contributed by atoms with E-state index >= 15 is 0 Å². The lowest BCUT2D eigenvalue weighted by atomic mass is 10.0. The molecule has 0 fully saturated rings. The number of carbonyl (C=O) groups excluding carboxylic acids is 2. The van der Waals surface area contributed by atoms with Crippen LogP contribution in [0.25, 0.3) is 16.6 Å². The normalized spacial score (nSPS) is 14.2. The minimum absolute atomic E-state index is 0.00861. The Bertz CT molecular complexity index is 1970. The van der Waals surface area contributed by atoms with E-state index in [-0.39, 0.29) is 40.9 Å². The van der Waals surface area contributed by atoms with E-state index in [4.69, 9.17) is 5.73 Å². The molecule has 6 rings (SSSR count). The number of nitrogen functional groups attached to an aromatic ring is 1. The quantitative estimate of drug-likeness (QED) is 0.212. The van der Waals surface area contributed by atoms with E-state index in [2.05, 4.69) is 25.7 Å². The van der Waals surface area contributed by atoms with Crippen molar-refractivity contribution >= 4 is 34.4 Å². The first kappa shape index (κ1) is 25.6. The van der Waals surface area contributed by atoms with Crippen LogP contribution in [0.15, 0.2) is 64.6 Å². The number of rotatable bonds is 7. The number of nitrogens with two attached hydrogens (primary N) is 1. The second-order valence-electron chi connectivity index (χ2n) is 9.62. The van der Waals surface area contributed by atoms with Crippen molar-refractivity contribution in [2.45, 2.75) is 25.4 Å². The topological polar surface area (TPSA) is 199 Å². The van der Waals surface area contributed by atoms with Crippen LogP contribution in [0.4, 0.5) is 5.69 Å². The molecule has 2 amide bonds. The molecule has 13 heteroatoms. The molecular weight excluding hydrogens is 530 g/mol. The van der Waals surface area contributed by atoms with Gasteiger partial charge in [0.1, 0.15) is 29.1 Å². The summed E-state index contributed by atoms with van der Waals surface area (Å²) in [6.45, 7) is 0.101. The number of fused-ring (bicyclic) bond motifs is 2. The number of hydrogen-bond acceptors (Lipinski definition) is 9. The second-order valence-corrected chi connectivity index (χ2v) is 9.62. The molecule has 0 radical (unpaired) electrons. The molecule has 0 unspecified atom stereocenters. The lowest BCUT2D eigenvalue weighted by Gasteiger charge is -2.14. The van der Waals surface area contributed by atoms with Crippen LogP contribution < -0.4 is 27.2 Å². The summed E-state index contributed by atoms with van der Waals surface area (Å²) in [6, 6.07) is 11.1. The maximum atomic E-state index is 12.9. The molecule has 0 saturated heterocycles. The number of aryl methyl sites for hydroxylation is 1. The van der Waals surface area contributed by atoms with E-state index in [1.165, 1.54) is 16.8 Å². The average Bonchev–Trinajstić information content (AvgIpc) is 3.59. The van der Waals surface area contributed by atoms with Crippen LogP contribution in [0.2, 0.25) is 0 Å². The fraction of sp³-hybridized carbons (Fsp3) is 0.143. The van der Waals surface area contributed by atoms with E-state index in [9.17, 15) is 29.1 Å². The summed E-state index contributed by atoms with van der Waals surface area (Å²) in [6.07, 6.45) is 3.91. The molecule has 5 N–H and O–H groups in total. The van der Waals surface area contributed by atoms with E-state index in [0.29, 0.717) is 29.3 Å². The predicted octanol–water partition coefficient (Wildman–Crippen LogP) is 1.04. The van der Waals surface area contributed by atoms with Gasteiger partial charge in [-0.3, -0.25) is 19.2 Å². The van der Waals surface area contributed by atoms with Crippen molar-refractivity contribution in [2.24, 2.45) is 0 Å². The molecule has 13 nitrogen and oxygen atoms in total. The van der Waals surface area contributed by atoms with Crippen molar-refractivity contribution in [1.82, 2.24) is 30.4 Å². The van der Waals surface area contributed by atoms with E-state index in [1.807, 2.05) is 0 Å². The Morgan fingerprint density at radius 2 is 1.78 bits per heavy atom. The molecular formula is C28H21N7O6. The zero-order chi connectivity index (χ0) is 28.8.